The summed E-state index contributed by atoms with van der Waals surface area (Å²) in [5.74, 6) is -0.900. The van der Waals surface area contributed by atoms with Crippen molar-refractivity contribution in [1.29, 1.82) is 0 Å². The summed E-state index contributed by atoms with van der Waals surface area (Å²) >= 11 is 0. The van der Waals surface area contributed by atoms with Crippen LogP contribution >= 0.6 is 0 Å². The van der Waals surface area contributed by atoms with Crippen LogP contribution in [-0.4, -0.2) is 12.6 Å². The number of nitroso groups, excluding NO2 is 1. The highest BCUT2D eigenvalue weighted by atomic mass is 19.3. The summed E-state index contributed by atoms with van der Waals surface area (Å²) < 4.78 is 55.1. The Kier molecular flexibility index (Phi) is 7.29. The van der Waals surface area contributed by atoms with Crippen molar-refractivity contribution < 1.29 is 32.3 Å². The minimum atomic E-state index is -2.04. The van der Waals surface area contributed by atoms with E-state index in [0.29, 0.717) is 12.2 Å². The Balaban J connectivity index is 3.45. The van der Waals surface area contributed by atoms with Gasteiger partial charge in [-0.05, 0) is 37.5 Å². The zero-order valence-electron chi connectivity index (χ0n) is 12.8. The van der Waals surface area contributed by atoms with Crippen LogP contribution in [0.2, 0.25) is 0 Å². The maximum atomic E-state index is 12.5. The van der Waals surface area contributed by atoms with E-state index in [0.717, 1.165) is 0 Å². The minimum Gasteiger partial charge on any atom is -0.465 e. The summed E-state index contributed by atoms with van der Waals surface area (Å²) in [7, 11) is 0. The van der Waals surface area contributed by atoms with Crippen LogP contribution < -0.4 is 5.18 Å². The van der Waals surface area contributed by atoms with E-state index in [9.17, 15) is 27.3 Å². The lowest BCUT2D eigenvalue weighted by molar-refractivity contribution is -0.379. The van der Waals surface area contributed by atoms with Crippen LogP contribution in [0, 0.1) is 4.91 Å². The van der Waals surface area contributed by atoms with Gasteiger partial charge in [0.05, 0.1) is 6.61 Å². The van der Waals surface area contributed by atoms with E-state index in [4.69, 9.17) is 4.74 Å². The smallest absolute Gasteiger partial charge is 0.317 e. The SMILES string of the molecule is CCOC(=O)C(CC=C(F)F)(CC=C(F)F)c1ccc([NH+]=O)cc1. The number of nitrogens with one attached hydrogen (secondary N) is 1. The number of ether oxygens (including phenoxy) is 1. The first-order chi connectivity index (χ1) is 11.4. The molecule has 0 bridgehead atoms. The third-order valence-corrected chi connectivity index (χ3v) is 3.43. The molecule has 0 aliphatic carbocycles. The predicted molar refractivity (Wildman–Crippen MR) is 78.6 cm³/mol. The fourth-order valence-electron chi connectivity index (χ4n) is 2.23. The number of halogens is 4. The summed E-state index contributed by atoms with van der Waals surface area (Å²) in [6.45, 7) is 1.48. The molecule has 0 aromatic heterocycles. The van der Waals surface area contributed by atoms with Crippen molar-refractivity contribution in [2.24, 2.45) is 0 Å². The van der Waals surface area contributed by atoms with Gasteiger partial charge in [-0.15, -0.1) is 0 Å². The molecule has 1 rings (SSSR count). The van der Waals surface area contributed by atoms with Crippen LogP contribution in [0.3, 0.4) is 0 Å². The van der Waals surface area contributed by atoms with Crippen molar-refractivity contribution in [3.8, 4) is 0 Å². The molecule has 0 saturated heterocycles. The first-order valence-electron chi connectivity index (χ1n) is 7.04. The van der Waals surface area contributed by atoms with Gasteiger partial charge in [0.25, 0.3) is 17.8 Å². The maximum Gasteiger partial charge on any atom is 0.317 e. The summed E-state index contributed by atoms with van der Waals surface area (Å²) in [5, 5.41) is 1.63. The van der Waals surface area contributed by atoms with E-state index in [1.165, 1.54) is 31.2 Å². The molecule has 8 heteroatoms. The molecule has 4 nitrogen and oxygen atoms in total. The quantitative estimate of drug-likeness (QED) is 0.580. The zero-order valence-corrected chi connectivity index (χ0v) is 12.8. The van der Waals surface area contributed by atoms with Gasteiger partial charge in [-0.1, -0.05) is 12.1 Å². The topological polar surface area (TPSA) is 57.3 Å². The number of carbonyl (C=O) groups excluding carboxylic acids is 1. The fourth-order valence-corrected chi connectivity index (χ4v) is 2.23. The molecule has 0 atom stereocenters. The van der Waals surface area contributed by atoms with Gasteiger partial charge >= 0.3 is 5.97 Å². The molecule has 0 radical (unpaired) electrons. The number of rotatable bonds is 8. The molecule has 0 unspecified atom stereocenters. The normalized spacial score (nSPS) is 10.7. The van der Waals surface area contributed by atoms with Gasteiger partial charge in [-0.2, -0.15) is 17.6 Å². The van der Waals surface area contributed by atoms with Gasteiger partial charge in [0.2, 0.25) is 0 Å². The monoisotopic (exact) mass is 346 g/mol. The van der Waals surface area contributed by atoms with Gasteiger partial charge in [0.15, 0.2) is 0 Å². The Morgan fingerprint density at radius 2 is 1.58 bits per heavy atom. The molecular weight excluding hydrogens is 330 g/mol. The Morgan fingerprint density at radius 3 is 1.96 bits per heavy atom. The lowest BCUT2D eigenvalue weighted by Gasteiger charge is -2.29. The van der Waals surface area contributed by atoms with E-state index >= 15 is 0 Å². The van der Waals surface area contributed by atoms with E-state index in [1.54, 1.807) is 5.18 Å². The highest BCUT2D eigenvalue weighted by Gasteiger charge is 2.40. The van der Waals surface area contributed by atoms with Crippen LogP contribution in [0.4, 0.5) is 23.2 Å². The number of hydrogen-bond acceptors (Lipinski definition) is 3. The van der Waals surface area contributed by atoms with E-state index in [1.807, 2.05) is 0 Å². The summed E-state index contributed by atoms with van der Waals surface area (Å²) in [5.41, 5.74) is -1.38. The first-order valence-corrected chi connectivity index (χ1v) is 7.04. The second kappa shape index (κ2) is 8.95. The van der Waals surface area contributed by atoms with Crippen molar-refractivity contribution in [3.05, 3.63) is 59.0 Å². The van der Waals surface area contributed by atoms with Gasteiger partial charge in [-0.3, -0.25) is 4.79 Å². The zero-order chi connectivity index (χ0) is 18.2. The number of benzene rings is 1. The fraction of sp³-hybridized carbons (Fsp3) is 0.312. The summed E-state index contributed by atoms with van der Waals surface area (Å²) in [6, 6.07) is 5.32. The second-order valence-corrected chi connectivity index (χ2v) is 4.88. The van der Waals surface area contributed by atoms with Crippen LogP contribution in [0.5, 0.6) is 0 Å². The second-order valence-electron chi connectivity index (χ2n) is 4.88. The third-order valence-electron chi connectivity index (χ3n) is 3.43. The molecule has 0 saturated carbocycles. The van der Waals surface area contributed by atoms with E-state index in [2.05, 4.69) is 0 Å². The van der Waals surface area contributed by atoms with Crippen LogP contribution in [-0.2, 0) is 14.9 Å². The molecule has 1 N–H and O–H groups in total. The van der Waals surface area contributed by atoms with Crippen molar-refractivity contribution in [2.45, 2.75) is 25.2 Å². The van der Waals surface area contributed by atoms with Crippen molar-refractivity contribution in [2.75, 3.05) is 6.61 Å². The number of carbonyl (C=O) groups is 1. The average molecular weight is 346 g/mol. The molecule has 0 aliphatic heterocycles. The van der Waals surface area contributed by atoms with Crippen LogP contribution in [0.25, 0.3) is 0 Å². The van der Waals surface area contributed by atoms with Gasteiger partial charge in [-0.25, -0.2) is 0 Å². The highest BCUT2D eigenvalue weighted by Crippen LogP contribution is 2.36. The van der Waals surface area contributed by atoms with Crippen molar-refractivity contribution in [1.82, 2.24) is 0 Å². The van der Waals surface area contributed by atoms with Crippen molar-refractivity contribution >= 4 is 11.7 Å². The highest BCUT2D eigenvalue weighted by molar-refractivity contribution is 5.84. The molecule has 0 amide bonds. The molecule has 0 spiro atoms. The molecule has 24 heavy (non-hydrogen) atoms. The molecule has 1 aromatic rings. The van der Waals surface area contributed by atoms with Crippen LogP contribution in [0.1, 0.15) is 25.3 Å². The largest absolute Gasteiger partial charge is 0.465 e. The van der Waals surface area contributed by atoms with Gasteiger partial charge in [0, 0.05) is 22.2 Å². The molecule has 0 aliphatic rings. The third kappa shape index (κ3) is 5.00. The minimum absolute atomic E-state index is 0.0373. The van der Waals surface area contributed by atoms with Crippen molar-refractivity contribution in [3.63, 3.8) is 0 Å². The molecular formula is C16H16F4NO3+. The standard InChI is InChI=1S/C16H15F4NO3/c1-2-24-15(22)16(9-7-13(17)18,10-8-14(19)20)11-3-5-12(21-23)6-4-11/h3-8H,2,9-10H2,1H3/p+1. The maximum absolute atomic E-state index is 12.5. The van der Waals surface area contributed by atoms with Crippen LogP contribution in [0.15, 0.2) is 48.6 Å². The van der Waals surface area contributed by atoms with E-state index < -0.39 is 36.4 Å². The Hall–Kier alpha value is -2.51. The summed E-state index contributed by atoms with van der Waals surface area (Å²) in [6.07, 6.45) is -4.15. The lowest BCUT2D eigenvalue weighted by atomic mass is 9.74. The van der Waals surface area contributed by atoms with Gasteiger partial charge < -0.3 is 4.74 Å². The number of allylic oxidation sites excluding steroid dienone is 2. The molecule has 0 heterocycles. The molecule has 130 valence electrons. The van der Waals surface area contributed by atoms with Gasteiger partial charge in [0.1, 0.15) is 5.41 Å². The number of hydrogen-bond donors (Lipinski definition) is 1. The average Bonchev–Trinajstić information content (AvgIpc) is 2.55. The Morgan fingerprint density at radius 1 is 1.08 bits per heavy atom. The predicted octanol–water partition coefficient (Wildman–Crippen LogP) is 3.31. The van der Waals surface area contributed by atoms with E-state index in [-0.39, 0.29) is 17.9 Å². The first kappa shape index (κ1) is 19.5. The molecule has 0 fully saturated rings. The Labute approximate surface area is 135 Å². The molecule has 1 aromatic carbocycles. The lowest BCUT2D eigenvalue weighted by Crippen LogP contribution is -2.55. The Bertz CT molecular complexity index is 613. The number of esters is 1. The summed E-state index contributed by atoms with van der Waals surface area (Å²) in [4.78, 5) is 23.0.